The third-order valence-corrected chi connectivity index (χ3v) is 2.25. The Morgan fingerprint density at radius 2 is 2.33 bits per heavy atom. The van der Waals surface area contributed by atoms with E-state index in [1.54, 1.807) is 18.2 Å². The zero-order valence-corrected chi connectivity index (χ0v) is 9.04. The maximum atomic E-state index is 10.9. The molecule has 0 saturated carbocycles. The number of methoxy groups -OCH3 is 1. The van der Waals surface area contributed by atoms with Crippen molar-refractivity contribution in [2.24, 2.45) is 0 Å². The summed E-state index contributed by atoms with van der Waals surface area (Å²) in [5.41, 5.74) is 1.32. The van der Waals surface area contributed by atoms with Crippen LogP contribution in [0, 0.1) is 11.3 Å². The predicted molar refractivity (Wildman–Crippen MR) is 56.5 cm³/mol. The van der Waals surface area contributed by atoms with Gasteiger partial charge in [0.25, 0.3) is 0 Å². The SMILES string of the molecule is COC(=O)CCc1cc(Cl)ccc1C#N. The zero-order valence-electron chi connectivity index (χ0n) is 8.29. The number of hydrogen-bond donors (Lipinski definition) is 0. The Morgan fingerprint density at radius 3 is 2.93 bits per heavy atom. The average Bonchev–Trinajstić information content (AvgIpc) is 2.26. The first-order valence-electron chi connectivity index (χ1n) is 4.42. The van der Waals surface area contributed by atoms with Crippen LogP contribution in [0.4, 0.5) is 0 Å². The van der Waals surface area contributed by atoms with Crippen molar-refractivity contribution in [3.05, 3.63) is 34.3 Å². The largest absolute Gasteiger partial charge is 0.469 e. The minimum absolute atomic E-state index is 0.255. The highest BCUT2D eigenvalue weighted by Gasteiger charge is 2.06. The first-order valence-corrected chi connectivity index (χ1v) is 4.80. The fraction of sp³-hybridized carbons (Fsp3) is 0.273. The van der Waals surface area contributed by atoms with Crippen molar-refractivity contribution < 1.29 is 9.53 Å². The van der Waals surface area contributed by atoms with Gasteiger partial charge in [-0.25, -0.2) is 0 Å². The van der Waals surface area contributed by atoms with Crippen LogP contribution in [-0.2, 0) is 16.0 Å². The van der Waals surface area contributed by atoms with Gasteiger partial charge >= 0.3 is 5.97 Å². The van der Waals surface area contributed by atoms with Crippen molar-refractivity contribution in [2.45, 2.75) is 12.8 Å². The molecule has 1 rings (SSSR count). The van der Waals surface area contributed by atoms with Gasteiger partial charge in [0.05, 0.1) is 18.7 Å². The Bertz CT molecular complexity index is 410. The summed E-state index contributed by atoms with van der Waals surface area (Å²) in [4.78, 5) is 10.9. The van der Waals surface area contributed by atoms with E-state index in [0.29, 0.717) is 17.0 Å². The topological polar surface area (TPSA) is 50.1 Å². The van der Waals surface area contributed by atoms with Crippen LogP contribution in [-0.4, -0.2) is 13.1 Å². The van der Waals surface area contributed by atoms with E-state index >= 15 is 0 Å². The first-order chi connectivity index (χ1) is 7.17. The number of ether oxygens (including phenoxy) is 1. The lowest BCUT2D eigenvalue weighted by molar-refractivity contribution is -0.140. The molecule has 0 N–H and O–H groups in total. The normalized spacial score (nSPS) is 9.40. The fourth-order valence-corrected chi connectivity index (χ4v) is 1.41. The molecule has 0 aromatic heterocycles. The van der Waals surface area contributed by atoms with Crippen molar-refractivity contribution in [2.75, 3.05) is 7.11 Å². The van der Waals surface area contributed by atoms with Crippen LogP contribution in [0.15, 0.2) is 18.2 Å². The highest BCUT2D eigenvalue weighted by atomic mass is 35.5. The Kier molecular flexibility index (Phi) is 4.14. The van der Waals surface area contributed by atoms with Crippen molar-refractivity contribution >= 4 is 17.6 Å². The third kappa shape index (κ3) is 3.26. The number of carbonyl (C=O) groups is 1. The van der Waals surface area contributed by atoms with E-state index in [2.05, 4.69) is 10.8 Å². The van der Waals surface area contributed by atoms with Crippen molar-refractivity contribution in [1.82, 2.24) is 0 Å². The Morgan fingerprint density at radius 1 is 1.60 bits per heavy atom. The van der Waals surface area contributed by atoms with Gasteiger partial charge < -0.3 is 4.74 Å². The van der Waals surface area contributed by atoms with Crippen molar-refractivity contribution in [1.29, 1.82) is 5.26 Å². The molecule has 0 aliphatic carbocycles. The molecule has 15 heavy (non-hydrogen) atoms. The van der Waals surface area contributed by atoms with E-state index in [1.807, 2.05) is 0 Å². The van der Waals surface area contributed by atoms with Crippen molar-refractivity contribution in [3.63, 3.8) is 0 Å². The minimum Gasteiger partial charge on any atom is -0.469 e. The molecule has 1 aromatic rings. The van der Waals surface area contributed by atoms with Crippen LogP contribution in [0.3, 0.4) is 0 Å². The average molecular weight is 224 g/mol. The molecular weight excluding hydrogens is 214 g/mol. The second-order valence-electron chi connectivity index (χ2n) is 2.99. The lowest BCUT2D eigenvalue weighted by atomic mass is 10.0. The number of benzene rings is 1. The second kappa shape index (κ2) is 5.38. The van der Waals surface area contributed by atoms with E-state index in [4.69, 9.17) is 16.9 Å². The highest BCUT2D eigenvalue weighted by molar-refractivity contribution is 6.30. The van der Waals surface area contributed by atoms with Crippen LogP contribution in [0.1, 0.15) is 17.5 Å². The van der Waals surface area contributed by atoms with Gasteiger partial charge in [-0.1, -0.05) is 11.6 Å². The number of aryl methyl sites for hydroxylation is 1. The lowest BCUT2D eigenvalue weighted by Gasteiger charge is -2.03. The summed E-state index contributed by atoms with van der Waals surface area (Å²) in [6, 6.07) is 7.05. The van der Waals surface area contributed by atoms with E-state index in [9.17, 15) is 4.79 Å². The summed E-state index contributed by atoms with van der Waals surface area (Å²) >= 11 is 5.80. The van der Waals surface area contributed by atoms with E-state index in [-0.39, 0.29) is 12.4 Å². The molecule has 0 aliphatic rings. The number of hydrogen-bond acceptors (Lipinski definition) is 3. The molecule has 0 spiro atoms. The Hall–Kier alpha value is -1.53. The molecule has 1 aromatic carbocycles. The number of nitriles is 1. The molecule has 3 nitrogen and oxygen atoms in total. The molecule has 0 atom stereocenters. The highest BCUT2D eigenvalue weighted by Crippen LogP contribution is 2.17. The summed E-state index contributed by atoms with van der Waals surface area (Å²) in [7, 11) is 1.34. The zero-order chi connectivity index (χ0) is 11.3. The summed E-state index contributed by atoms with van der Waals surface area (Å²) in [5, 5.41) is 9.39. The van der Waals surface area contributed by atoms with Gasteiger partial charge in [-0.05, 0) is 30.2 Å². The molecule has 0 aliphatic heterocycles. The number of halogens is 1. The van der Waals surface area contributed by atoms with Crippen LogP contribution in [0.25, 0.3) is 0 Å². The van der Waals surface area contributed by atoms with Gasteiger partial charge in [-0.15, -0.1) is 0 Å². The maximum Gasteiger partial charge on any atom is 0.305 e. The van der Waals surface area contributed by atoms with Gasteiger partial charge in [0.15, 0.2) is 0 Å². The monoisotopic (exact) mass is 223 g/mol. The molecule has 0 heterocycles. The van der Waals surface area contributed by atoms with Crippen LogP contribution in [0.2, 0.25) is 5.02 Å². The number of rotatable bonds is 3. The first kappa shape index (κ1) is 11.5. The van der Waals surface area contributed by atoms with Gasteiger partial charge in [-0.2, -0.15) is 5.26 Å². The minimum atomic E-state index is -0.293. The number of esters is 1. The standard InChI is InChI=1S/C11H10ClNO2/c1-15-11(14)5-3-8-6-10(12)4-2-9(8)7-13/h2,4,6H,3,5H2,1H3. The van der Waals surface area contributed by atoms with Crippen molar-refractivity contribution in [3.8, 4) is 6.07 Å². The van der Waals surface area contributed by atoms with Crippen LogP contribution in [0.5, 0.6) is 0 Å². The summed E-state index contributed by atoms with van der Waals surface area (Å²) in [6.07, 6.45) is 0.724. The van der Waals surface area contributed by atoms with Crippen LogP contribution >= 0.6 is 11.6 Å². The fourth-order valence-electron chi connectivity index (χ4n) is 1.22. The van der Waals surface area contributed by atoms with E-state index in [0.717, 1.165) is 5.56 Å². The molecule has 0 fully saturated rings. The maximum absolute atomic E-state index is 10.9. The molecule has 0 bridgehead atoms. The van der Waals surface area contributed by atoms with E-state index in [1.165, 1.54) is 7.11 Å². The third-order valence-electron chi connectivity index (χ3n) is 2.01. The van der Waals surface area contributed by atoms with Gasteiger partial charge in [0.2, 0.25) is 0 Å². The quantitative estimate of drug-likeness (QED) is 0.739. The summed E-state index contributed by atoms with van der Waals surface area (Å²) < 4.78 is 4.52. The number of carbonyl (C=O) groups excluding carboxylic acids is 1. The van der Waals surface area contributed by atoms with Crippen LogP contribution < -0.4 is 0 Å². The molecule has 78 valence electrons. The van der Waals surface area contributed by atoms with Gasteiger partial charge in [-0.3, -0.25) is 4.79 Å². The Balaban J connectivity index is 2.80. The molecule has 0 unspecified atom stereocenters. The lowest BCUT2D eigenvalue weighted by Crippen LogP contribution is -2.02. The molecule has 0 amide bonds. The second-order valence-corrected chi connectivity index (χ2v) is 3.43. The van der Waals surface area contributed by atoms with Gasteiger partial charge in [0, 0.05) is 11.4 Å². The molecule has 4 heteroatoms. The Labute approximate surface area is 93.2 Å². The molecule has 0 radical (unpaired) electrons. The molecule has 0 saturated heterocycles. The summed E-state index contributed by atoms with van der Waals surface area (Å²) in [6.45, 7) is 0. The predicted octanol–water partition coefficient (Wildman–Crippen LogP) is 2.32. The number of nitrogens with zero attached hydrogens (tertiary/aromatic N) is 1. The summed E-state index contributed by atoms with van der Waals surface area (Å²) in [5.74, 6) is -0.293. The smallest absolute Gasteiger partial charge is 0.305 e. The van der Waals surface area contributed by atoms with E-state index < -0.39 is 0 Å². The van der Waals surface area contributed by atoms with Gasteiger partial charge in [0.1, 0.15) is 0 Å². The molecular formula is C11H10ClNO2.